The smallest absolute Gasteiger partial charge is 0.306 e. The van der Waals surface area contributed by atoms with Crippen LogP contribution in [0, 0.1) is 0 Å². The average molecular weight is 430 g/mol. The van der Waals surface area contributed by atoms with E-state index in [-0.39, 0.29) is 17.9 Å². The molecule has 0 saturated carbocycles. The molecule has 9 heteroatoms. The van der Waals surface area contributed by atoms with Gasteiger partial charge in [-0.1, -0.05) is 6.42 Å². The summed E-state index contributed by atoms with van der Waals surface area (Å²) in [5.41, 5.74) is 0. The lowest BCUT2D eigenvalue weighted by Gasteiger charge is -2.35. The number of unbranched alkanes of at least 4 members (excludes halogenated alkanes) is 2. The summed E-state index contributed by atoms with van der Waals surface area (Å²) < 4.78 is 14.1. The van der Waals surface area contributed by atoms with Crippen LogP contribution in [0.1, 0.15) is 38.5 Å². The second-order valence-electron chi connectivity index (χ2n) is 7.56. The van der Waals surface area contributed by atoms with Gasteiger partial charge in [0.25, 0.3) is 0 Å². The van der Waals surface area contributed by atoms with E-state index in [1.807, 2.05) is 0 Å². The lowest BCUT2D eigenvalue weighted by molar-refractivity contribution is -0.142. The number of carbonyl (C=O) groups is 3. The van der Waals surface area contributed by atoms with Crippen molar-refractivity contribution in [1.29, 1.82) is 0 Å². The van der Waals surface area contributed by atoms with E-state index in [0.717, 1.165) is 65.1 Å². The fraction of sp³-hybridized carbons (Fsp3) is 0.857. The van der Waals surface area contributed by atoms with Crippen molar-refractivity contribution in [2.75, 3.05) is 80.2 Å². The van der Waals surface area contributed by atoms with Crippen LogP contribution in [0.15, 0.2) is 0 Å². The first kappa shape index (κ1) is 26.3. The first-order valence-electron chi connectivity index (χ1n) is 10.9. The van der Waals surface area contributed by atoms with E-state index in [9.17, 15) is 14.4 Å². The topological polar surface area (TPSA) is 88.6 Å². The highest BCUT2D eigenvalue weighted by Crippen LogP contribution is 2.07. The van der Waals surface area contributed by atoms with Crippen molar-refractivity contribution >= 4 is 17.9 Å². The first-order chi connectivity index (χ1) is 14.5. The van der Waals surface area contributed by atoms with Crippen LogP contribution in [0.2, 0.25) is 0 Å². The van der Waals surface area contributed by atoms with Crippen molar-refractivity contribution in [1.82, 2.24) is 14.7 Å². The fourth-order valence-electron chi connectivity index (χ4n) is 3.44. The van der Waals surface area contributed by atoms with Gasteiger partial charge in [-0.3, -0.25) is 19.3 Å². The molecule has 1 aliphatic rings. The van der Waals surface area contributed by atoms with Gasteiger partial charge in [-0.2, -0.15) is 0 Å². The Morgan fingerprint density at radius 3 is 1.60 bits per heavy atom. The fourth-order valence-corrected chi connectivity index (χ4v) is 3.44. The van der Waals surface area contributed by atoms with Gasteiger partial charge >= 0.3 is 17.9 Å². The molecule has 0 N–H and O–H groups in total. The molecule has 0 atom stereocenters. The summed E-state index contributed by atoms with van der Waals surface area (Å²) >= 11 is 0. The van der Waals surface area contributed by atoms with Crippen LogP contribution in [0.5, 0.6) is 0 Å². The minimum atomic E-state index is -0.238. The highest BCUT2D eigenvalue weighted by atomic mass is 16.5. The van der Waals surface area contributed by atoms with Gasteiger partial charge in [0.2, 0.25) is 0 Å². The molecule has 0 spiro atoms. The Hall–Kier alpha value is -1.71. The highest BCUT2D eigenvalue weighted by molar-refractivity contribution is 5.70. The van der Waals surface area contributed by atoms with Crippen molar-refractivity contribution in [3.63, 3.8) is 0 Å². The van der Waals surface area contributed by atoms with Gasteiger partial charge in [0.1, 0.15) is 0 Å². The molecule has 0 bridgehead atoms. The van der Waals surface area contributed by atoms with Gasteiger partial charge in [-0.15, -0.1) is 0 Å². The van der Waals surface area contributed by atoms with Gasteiger partial charge in [0.05, 0.1) is 34.2 Å². The monoisotopic (exact) mass is 429 g/mol. The van der Waals surface area contributed by atoms with Gasteiger partial charge < -0.3 is 24.0 Å². The zero-order valence-corrected chi connectivity index (χ0v) is 18.9. The van der Waals surface area contributed by atoms with E-state index < -0.39 is 0 Å². The number of piperazine rings is 1. The quantitative estimate of drug-likeness (QED) is 0.213. The molecular formula is C21H39N3O6. The van der Waals surface area contributed by atoms with Crippen LogP contribution in [0.25, 0.3) is 0 Å². The maximum absolute atomic E-state index is 11.4. The average Bonchev–Trinajstić information content (AvgIpc) is 2.78. The van der Waals surface area contributed by atoms with Crippen molar-refractivity contribution < 1.29 is 28.6 Å². The summed E-state index contributed by atoms with van der Waals surface area (Å²) in [6.45, 7) is 8.07. The third kappa shape index (κ3) is 12.1. The number of hydrogen-bond donors (Lipinski definition) is 0. The van der Waals surface area contributed by atoms with Crippen LogP contribution in [-0.2, 0) is 28.6 Å². The predicted octanol–water partition coefficient (Wildman–Crippen LogP) is 0.766. The first-order valence-corrected chi connectivity index (χ1v) is 10.9. The molecule has 30 heavy (non-hydrogen) atoms. The maximum Gasteiger partial charge on any atom is 0.306 e. The van der Waals surface area contributed by atoms with E-state index >= 15 is 0 Å². The largest absolute Gasteiger partial charge is 0.469 e. The lowest BCUT2D eigenvalue weighted by Crippen LogP contribution is -2.48. The Morgan fingerprint density at radius 2 is 1.10 bits per heavy atom. The Kier molecular flexibility index (Phi) is 14.1. The zero-order chi connectivity index (χ0) is 22.2. The summed E-state index contributed by atoms with van der Waals surface area (Å²) in [7, 11) is 4.21. The third-order valence-electron chi connectivity index (χ3n) is 5.50. The number of rotatable bonds is 15. The zero-order valence-electron chi connectivity index (χ0n) is 18.9. The lowest BCUT2D eigenvalue weighted by atomic mass is 10.2. The number of esters is 3. The molecular weight excluding hydrogens is 390 g/mol. The molecule has 9 nitrogen and oxygen atoms in total. The van der Waals surface area contributed by atoms with Crippen LogP contribution >= 0.6 is 0 Å². The third-order valence-corrected chi connectivity index (χ3v) is 5.50. The number of carbonyl (C=O) groups excluding carboxylic acids is 3. The molecule has 1 fully saturated rings. The van der Waals surface area contributed by atoms with E-state index in [1.165, 1.54) is 21.3 Å². The Morgan fingerprint density at radius 1 is 0.633 bits per heavy atom. The molecule has 1 heterocycles. The second kappa shape index (κ2) is 16.0. The molecule has 1 saturated heterocycles. The molecule has 174 valence electrons. The van der Waals surface area contributed by atoms with Gasteiger partial charge in [0, 0.05) is 58.8 Å². The minimum absolute atomic E-state index is 0.129. The molecule has 0 aromatic heterocycles. The molecule has 0 amide bonds. The summed E-state index contributed by atoms with van der Waals surface area (Å²) in [6, 6.07) is 0. The molecule has 1 aliphatic heterocycles. The van der Waals surface area contributed by atoms with E-state index in [0.29, 0.717) is 32.4 Å². The molecule has 0 aromatic carbocycles. The van der Waals surface area contributed by atoms with Gasteiger partial charge in [-0.25, -0.2) is 0 Å². The number of nitrogens with zero attached hydrogens (tertiary/aromatic N) is 3. The Labute approximate surface area is 180 Å². The second-order valence-corrected chi connectivity index (χ2v) is 7.56. The standard InChI is InChI=1S/C21H39N3O6/c1-28-19(25)7-5-4-6-10-22-13-16-24(17-14-22)18-15-23(11-8-20(26)29-2)12-9-21(27)30-3/h4-18H2,1-3H3. The number of hydrogen-bond acceptors (Lipinski definition) is 9. The molecule has 1 rings (SSSR count). The Bertz CT molecular complexity index is 489. The van der Waals surface area contributed by atoms with E-state index in [2.05, 4.69) is 19.4 Å². The number of methoxy groups -OCH3 is 3. The summed E-state index contributed by atoms with van der Waals surface area (Å²) in [5.74, 6) is -0.604. The van der Waals surface area contributed by atoms with E-state index in [1.54, 1.807) is 0 Å². The molecule has 0 radical (unpaired) electrons. The highest BCUT2D eigenvalue weighted by Gasteiger charge is 2.18. The molecule has 0 aliphatic carbocycles. The van der Waals surface area contributed by atoms with Gasteiger partial charge in [0.15, 0.2) is 0 Å². The van der Waals surface area contributed by atoms with Crippen molar-refractivity contribution in [3.05, 3.63) is 0 Å². The summed E-state index contributed by atoms with van der Waals surface area (Å²) in [4.78, 5) is 41.0. The van der Waals surface area contributed by atoms with Crippen LogP contribution in [0.3, 0.4) is 0 Å². The van der Waals surface area contributed by atoms with Crippen LogP contribution in [0.4, 0.5) is 0 Å². The predicted molar refractivity (Wildman–Crippen MR) is 113 cm³/mol. The Balaban J connectivity index is 2.23. The van der Waals surface area contributed by atoms with Crippen LogP contribution in [-0.4, -0.2) is 113 Å². The minimum Gasteiger partial charge on any atom is -0.469 e. The summed E-state index contributed by atoms with van der Waals surface area (Å²) in [5, 5.41) is 0. The van der Waals surface area contributed by atoms with Crippen molar-refractivity contribution in [2.45, 2.75) is 38.5 Å². The SMILES string of the molecule is COC(=O)CCCCCN1CCN(CCN(CCC(=O)OC)CCC(=O)OC)CC1. The molecule has 0 aromatic rings. The van der Waals surface area contributed by atoms with Gasteiger partial charge in [-0.05, 0) is 19.4 Å². The summed E-state index contributed by atoms with van der Waals surface area (Å²) in [6.07, 6.45) is 4.19. The van der Waals surface area contributed by atoms with Crippen LogP contribution < -0.4 is 0 Å². The van der Waals surface area contributed by atoms with Crippen molar-refractivity contribution in [2.24, 2.45) is 0 Å². The normalized spacial score (nSPS) is 15.2. The molecule has 0 unspecified atom stereocenters. The maximum atomic E-state index is 11.4. The van der Waals surface area contributed by atoms with E-state index in [4.69, 9.17) is 9.47 Å². The van der Waals surface area contributed by atoms with Crippen molar-refractivity contribution in [3.8, 4) is 0 Å². The number of ether oxygens (including phenoxy) is 3.